The standard InChI is InChI=1S/C19H35N5O2/c1-13(2)11-19(6)15(25)24(16(20)21-19)12-14-7-9-23(10-8-14)17(26)22-18(3,4)5/h13-14H,7-12H2,1-6H3,(H2,20,21)(H,22,26). The molecule has 26 heavy (non-hydrogen) atoms. The molecule has 0 spiro atoms. The molecule has 3 N–H and O–H groups in total. The van der Waals surface area contributed by atoms with Crippen molar-refractivity contribution < 1.29 is 9.59 Å². The molecule has 1 unspecified atom stereocenters. The Bertz CT molecular complexity index is 573. The molecule has 1 fully saturated rings. The normalized spacial score (nSPS) is 25.0. The summed E-state index contributed by atoms with van der Waals surface area (Å²) >= 11 is 0. The van der Waals surface area contributed by atoms with E-state index in [1.54, 1.807) is 4.90 Å². The zero-order valence-electron chi connectivity index (χ0n) is 17.1. The van der Waals surface area contributed by atoms with Gasteiger partial charge in [0.2, 0.25) is 0 Å². The molecular formula is C19H35N5O2. The number of nitrogens with zero attached hydrogens (tertiary/aromatic N) is 3. The van der Waals surface area contributed by atoms with E-state index in [1.807, 2.05) is 32.6 Å². The number of urea groups is 1. The summed E-state index contributed by atoms with van der Waals surface area (Å²) in [7, 11) is 0. The summed E-state index contributed by atoms with van der Waals surface area (Å²) in [6.45, 7) is 14.0. The third kappa shape index (κ3) is 4.89. The van der Waals surface area contributed by atoms with Crippen molar-refractivity contribution in [3.8, 4) is 0 Å². The zero-order valence-corrected chi connectivity index (χ0v) is 17.1. The zero-order chi connectivity index (χ0) is 19.7. The number of aliphatic imine (C=N–C) groups is 1. The molecule has 0 aliphatic carbocycles. The molecule has 0 radical (unpaired) electrons. The summed E-state index contributed by atoms with van der Waals surface area (Å²) in [6.07, 6.45) is 2.44. The molecule has 148 valence electrons. The minimum absolute atomic E-state index is 0.0107. The van der Waals surface area contributed by atoms with Crippen molar-refractivity contribution in [2.24, 2.45) is 22.6 Å². The SMILES string of the molecule is CC(C)CC1(C)N=C(N)N(CC2CCN(C(=O)NC(C)(C)C)CC2)C1=O. The van der Waals surface area contributed by atoms with Crippen molar-refractivity contribution in [1.82, 2.24) is 15.1 Å². The number of carbonyl (C=O) groups is 2. The highest BCUT2D eigenvalue weighted by Crippen LogP contribution is 2.30. The molecule has 1 saturated heterocycles. The summed E-state index contributed by atoms with van der Waals surface area (Å²) < 4.78 is 0. The molecule has 0 aromatic carbocycles. The monoisotopic (exact) mass is 365 g/mol. The van der Waals surface area contributed by atoms with E-state index in [4.69, 9.17) is 5.73 Å². The number of hydrogen-bond acceptors (Lipinski definition) is 4. The predicted octanol–water partition coefficient (Wildman–Crippen LogP) is 2.17. The Morgan fingerprint density at radius 2 is 1.92 bits per heavy atom. The molecule has 0 aromatic heterocycles. The lowest BCUT2D eigenvalue weighted by molar-refractivity contribution is -0.131. The van der Waals surface area contributed by atoms with Crippen LogP contribution in [0.5, 0.6) is 0 Å². The smallest absolute Gasteiger partial charge is 0.317 e. The summed E-state index contributed by atoms with van der Waals surface area (Å²) in [6, 6.07) is -0.0150. The molecule has 7 heteroatoms. The van der Waals surface area contributed by atoms with Gasteiger partial charge in [-0.25, -0.2) is 9.79 Å². The Hall–Kier alpha value is -1.79. The van der Waals surface area contributed by atoms with Gasteiger partial charge in [0.15, 0.2) is 5.96 Å². The number of carbonyl (C=O) groups excluding carboxylic acids is 2. The van der Waals surface area contributed by atoms with Crippen molar-refractivity contribution >= 4 is 17.9 Å². The third-order valence-electron chi connectivity index (χ3n) is 4.97. The van der Waals surface area contributed by atoms with Crippen LogP contribution >= 0.6 is 0 Å². The highest BCUT2D eigenvalue weighted by Gasteiger charge is 2.44. The van der Waals surface area contributed by atoms with E-state index in [0.29, 0.717) is 43.9 Å². The first kappa shape index (κ1) is 20.5. The van der Waals surface area contributed by atoms with Crippen LogP contribution in [0.1, 0.15) is 60.8 Å². The quantitative estimate of drug-likeness (QED) is 0.800. The number of piperidine rings is 1. The van der Waals surface area contributed by atoms with Crippen LogP contribution in [0, 0.1) is 11.8 Å². The summed E-state index contributed by atoms with van der Waals surface area (Å²) in [5, 5.41) is 3.00. The molecule has 0 aromatic rings. The Morgan fingerprint density at radius 3 is 2.42 bits per heavy atom. The summed E-state index contributed by atoms with van der Waals surface area (Å²) in [4.78, 5) is 33.1. The predicted molar refractivity (Wildman–Crippen MR) is 104 cm³/mol. The molecule has 1 atom stereocenters. The minimum atomic E-state index is -0.731. The average molecular weight is 366 g/mol. The second kappa shape index (κ2) is 7.45. The first-order valence-electron chi connectivity index (χ1n) is 9.65. The molecule has 2 rings (SSSR count). The Balaban J connectivity index is 1.89. The summed E-state index contributed by atoms with van der Waals surface area (Å²) in [5.41, 5.74) is 5.10. The van der Waals surface area contributed by atoms with Gasteiger partial charge in [0, 0.05) is 25.2 Å². The van der Waals surface area contributed by atoms with Crippen LogP contribution in [-0.2, 0) is 4.79 Å². The maximum absolute atomic E-state index is 12.8. The van der Waals surface area contributed by atoms with Gasteiger partial charge in [-0.05, 0) is 58.8 Å². The van der Waals surface area contributed by atoms with E-state index < -0.39 is 5.54 Å². The van der Waals surface area contributed by atoms with Gasteiger partial charge < -0.3 is 16.0 Å². The van der Waals surface area contributed by atoms with Crippen molar-refractivity contribution in [3.63, 3.8) is 0 Å². The largest absolute Gasteiger partial charge is 0.369 e. The van der Waals surface area contributed by atoms with Gasteiger partial charge in [-0.2, -0.15) is 0 Å². The molecule has 7 nitrogen and oxygen atoms in total. The lowest BCUT2D eigenvalue weighted by Crippen LogP contribution is -2.52. The van der Waals surface area contributed by atoms with Gasteiger partial charge in [-0.3, -0.25) is 9.69 Å². The van der Waals surface area contributed by atoms with E-state index in [0.717, 1.165) is 12.8 Å². The maximum atomic E-state index is 12.8. The number of nitrogens with two attached hydrogens (primary N) is 1. The number of nitrogens with one attached hydrogen (secondary N) is 1. The Morgan fingerprint density at radius 1 is 1.35 bits per heavy atom. The van der Waals surface area contributed by atoms with Crippen LogP contribution in [0.4, 0.5) is 4.79 Å². The molecule has 2 aliphatic heterocycles. The molecular weight excluding hydrogens is 330 g/mol. The number of hydrogen-bond donors (Lipinski definition) is 2. The van der Waals surface area contributed by atoms with Gasteiger partial charge in [0.1, 0.15) is 5.54 Å². The maximum Gasteiger partial charge on any atom is 0.317 e. The lowest BCUT2D eigenvalue weighted by atomic mass is 9.90. The van der Waals surface area contributed by atoms with Crippen molar-refractivity contribution in [1.29, 1.82) is 0 Å². The fraction of sp³-hybridized carbons (Fsp3) is 0.842. The summed E-state index contributed by atoms with van der Waals surface area (Å²) in [5.74, 6) is 1.07. The van der Waals surface area contributed by atoms with Gasteiger partial charge in [-0.15, -0.1) is 0 Å². The van der Waals surface area contributed by atoms with Crippen molar-refractivity contribution in [2.45, 2.75) is 71.9 Å². The number of guanidine groups is 1. The molecule has 0 saturated carbocycles. The topological polar surface area (TPSA) is 91.0 Å². The third-order valence-corrected chi connectivity index (χ3v) is 4.97. The van der Waals surface area contributed by atoms with Crippen LogP contribution in [-0.4, -0.2) is 58.4 Å². The van der Waals surface area contributed by atoms with Gasteiger partial charge in [0.05, 0.1) is 0 Å². The number of rotatable bonds is 4. The molecule has 2 aliphatic rings. The van der Waals surface area contributed by atoms with E-state index in [2.05, 4.69) is 24.2 Å². The molecule has 3 amide bonds. The van der Waals surface area contributed by atoms with E-state index in [-0.39, 0.29) is 17.5 Å². The Kier molecular flexibility index (Phi) is 5.88. The highest BCUT2D eigenvalue weighted by atomic mass is 16.2. The van der Waals surface area contributed by atoms with Gasteiger partial charge >= 0.3 is 6.03 Å². The second-order valence-corrected chi connectivity index (χ2v) is 9.37. The number of likely N-dealkylation sites (tertiary alicyclic amines) is 1. The number of amides is 3. The Labute approximate surface area is 157 Å². The molecule has 0 bridgehead atoms. The first-order chi connectivity index (χ1) is 11.9. The lowest BCUT2D eigenvalue weighted by Gasteiger charge is -2.35. The van der Waals surface area contributed by atoms with E-state index in [1.165, 1.54) is 0 Å². The van der Waals surface area contributed by atoms with Crippen LogP contribution in [0.15, 0.2) is 4.99 Å². The van der Waals surface area contributed by atoms with Crippen LogP contribution in [0.25, 0.3) is 0 Å². The van der Waals surface area contributed by atoms with Gasteiger partial charge in [-0.1, -0.05) is 13.8 Å². The second-order valence-electron chi connectivity index (χ2n) is 9.37. The minimum Gasteiger partial charge on any atom is -0.369 e. The first-order valence-corrected chi connectivity index (χ1v) is 9.65. The van der Waals surface area contributed by atoms with E-state index in [9.17, 15) is 9.59 Å². The van der Waals surface area contributed by atoms with Gasteiger partial charge in [0.25, 0.3) is 5.91 Å². The van der Waals surface area contributed by atoms with Crippen molar-refractivity contribution in [2.75, 3.05) is 19.6 Å². The highest BCUT2D eigenvalue weighted by molar-refractivity contribution is 6.06. The van der Waals surface area contributed by atoms with Crippen LogP contribution in [0.3, 0.4) is 0 Å². The van der Waals surface area contributed by atoms with Crippen molar-refractivity contribution in [3.05, 3.63) is 0 Å². The van der Waals surface area contributed by atoms with E-state index >= 15 is 0 Å². The van der Waals surface area contributed by atoms with Crippen LogP contribution < -0.4 is 11.1 Å². The fourth-order valence-corrected chi connectivity index (χ4v) is 3.84. The fourth-order valence-electron chi connectivity index (χ4n) is 3.84. The molecule has 2 heterocycles. The average Bonchev–Trinajstić information content (AvgIpc) is 2.68. The van der Waals surface area contributed by atoms with Crippen LogP contribution in [0.2, 0.25) is 0 Å².